The fraction of sp³-hybridized carbons (Fsp3) is 0.500. The lowest BCUT2D eigenvalue weighted by Crippen LogP contribution is -2.00. The van der Waals surface area contributed by atoms with Gasteiger partial charge in [-0.2, -0.15) is 0 Å². The average molecular weight is 106 g/mol. The molecule has 0 amide bonds. The first-order valence-corrected chi connectivity index (χ1v) is 1.97. The minimum absolute atomic E-state index is 0.0590. The Kier molecular flexibility index (Phi) is 2.94. The third-order valence-electron chi connectivity index (χ3n) is 0.337. The minimum atomic E-state index is -0.392. The summed E-state index contributed by atoms with van der Waals surface area (Å²) in [6.07, 6.45) is 0. The van der Waals surface area contributed by atoms with Gasteiger partial charge in [0.1, 0.15) is 5.88 Å². The molecule has 34 valence electrons. The van der Waals surface area contributed by atoms with Crippen molar-refractivity contribution in [1.29, 1.82) is 0 Å². The number of hydrogen-bond acceptors (Lipinski definition) is 2. The van der Waals surface area contributed by atoms with Crippen LogP contribution in [0.25, 0.3) is 0 Å². The molecule has 0 N–H and O–H groups in total. The molecule has 2 nitrogen and oxygen atoms in total. The van der Waals surface area contributed by atoms with Crippen LogP contribution in [0.3, 0.4) is 0 Å². The van der Waals surface area contributed by atoms with Crippen LogP contribution in [0.1, 0.15) is 0 Å². The van der Waals surface area contributed by atoms with Crippen molar-refractivity contribution in [3.63, 3.8) is 0 Å². The Hall–Kier alpha value is -0.175. The van der Waals surface area contributed by atoms with Crippen molar-refractivity contribution in [1.82, 2.24) is 0 Å². The van der Waals surface area contributed by atoms with E-state index >= 15 is 0 Å². The van der Waals surface area contributed by atoms with E-state index in [4.69, 9.17) is 11.6 Å². The monoisotopic (exact) mass is 106 g/mol. The normalized spacial score (nSPS) is 7.50. The summed E-state index contributed by atoms with van der Waals surface area (Å²) in [4.78, 5) is 9.83. The molecule has 0 aromatic heterocycles. The molecular formula is C2H4BClO2. The van der Waals surface area contributed by atoms with Crippen molar-refractivity contribution >= 4 is 25.6 Å². The molecular weight excluding hydrogens is 102 g/mol. The van der Waals surface area contributed by atoms with E-state index in [1.165, 1.54) is 8.05 Å². The lowest BCUT2D eigenvalue weighted by Gasteiger charge is -1.87. The maximum absolute atomic E-state index is 9.83. The van der Waals surface area contributed by atoms with Gasteiger partial charge < -0.3 is 4.65 Å². The van der Waals surface area contributed by atoms with Crippen LogP contribution in [-0.2, 0) is 9.45 Å². The van der Waals surface area contributed by atoms with Gasteiger partial charge in [0.05, 0.1) is 0 Å². The molecule has 0 radical (unpaired) electrons. The van der Waals surface area contributed by atoms with E-state index in [0.717, 1.165) is 0 Å². The first-order chi connectivity index (χ1) is 2.81. The van der Waals surface area contributed by atoms with Crippen molar-refractivity contribution < 1.29 is 9.45 Å². The van der Waals surface area contributed by atoms with Crippen LogP contribution in [0, 0.1) is 0 Å². The molecule has 0 aromatic carbocycles. The highest BCUT2D eigenvalue weighted by Crippen LogP contribution is 1.74. The van der Waals surface area contributed by atoms with E-state index in [1.54, 1.807) is 0 Å². The van der Waals surface area contributed by atoms with Crippen molar-refractivity contribution in [3.05, 3.63) is 0 Å². The predicted octanol–water partition coefficient (Wildman–Crippen LogP) is -0.684. The molecule has 0 saturated carbocycles. The maximum atomic E-state index is 9.83. The van der Waals surface area contributed by atoms with E-state index in [2.05, 4.69) is 4.65 Å². The standard InChI is InChI=1S/C2H4BClO2/c3-6-2(5)1-4/h1,3H2. The van der Waals surface area contributed by atoms with E-state index in [1.807, 2.05) is 0 Å². The van der Waals surface area contributed by atoms with E-state index in [-0.39, 0.29) is 5.88 Å². The summed E-state index contributed by atoms with van der Waals surface area (Å²) in [5.41, 5.74) is 0. The molecule has 0 bridgehead atoms. The SMILES string of the molecule is BOC(=O)CCl. The molecule has 0 aromatic rings. The summed E-state index contributed by atoms with van der Waals surface area (Å²) in [6.45, 7) is 0. The quantitative estimate of drug-likeness (QED) is 0.327. The fourth-order valence-corrected chi connectivity index (χ4v) is 0.164. The fourth-order valence-electron chi connectivity index (χ4n) is 0.0546. The number of rotatable bonds is 1. The third-order valence-corrected chi connectivity index (χ3v) is 0.555. The summed E-state index contributed by atoms with van der Waals surface area (Å²) in [5, 5.41) is 0. The maximum Gasteiger partial charge on any atom is 0.326 e. The van der Waals surface area contributed by atoms with Gasteiger partial charge in [0.25, 0.3) is 0 Å². The van der Waals surface area contributed by atoms with Crippen LogP contribution in [0.15, 0.2) is 0 Å². The molecule has 0 heterocycles. The van der Waals surface area contributed by atoms with Gasteiger partial charge in [0.15, 0.2) is 0 Å². The van der Waals surface area contributed by atoms with Gasteiger partial charge >= 0.3 is 14.0 Å². The van der Waals surface area contributed by atoms with Gasteiger partial charge in [0.2, 0.25) is 0 Å². The molecule has 0 saturated heterocycles. The van der Waals surface area contributed by atoms with Crippen molar-refractivity contribution in [3.8, 4) is 0 Å². The summed E-state index contributed by atoms with van der Waals surface area (Å²) >= 11 is 4.98. The lowest BCUT2D eigenvalue weighted by atomic mass is 10.6. The van der Waals surface area contributed by atoms with Gasteiger partial charge in [-0.05, 0) is 0 Å². The van der Waals surface area contributed by atoms with Crippen molar-refractivity contribution in [2.75, 3.05) is 5.88 Å². The highest BCUT2D eigenvalue weighted by atomic mass is 35.5. The van der Waals surface area contributed by atoms with Gasteiger partial charge in [0, 0.05) is 0 Å². The Bertz CT molecular complexity index is 49.5. The van der Waals surface area contributed by atoms with Gasteiger partial charge in [-0.3, -0.25) is 4.79 Å². The predicted molar refractivity (Wildman–Crippen MR) is 25.4 cm³/mol. The molecule has 0 fully saturated rings. The average Bonchev–Trinajstić information content (AvgIpc) is 1.65. The zero-order valence-electron chi connectivity index (χ0n) is 3.40. The summed E-state index contributed by atoms with van der Waals surface area (Å²) in [6, 6.07) is 0. The smallest absolute Gasteiger partial charge is 0.326 e. The number of halogens is 1. The first-order valence-electron chi connectivity index (χ1n) is 1.44. The van der Waals surface area contributed by atoms with Crippen LogP contribution < -0.4 is 0 Å². The highest BCUT2D eigenvalue weighted by Gasteiger charge is 1.89. The second-order valence-electron chi connectivity index (χ2n) is 0.710. The van der Waals surface area contributed by atoms with Crippen molar-refractivity contribution in [2.45, 2.75) is 0 Å². The molecule has 4 heteroatoms. The van der Waals surface area contributed by atoms with Crippen LogP contribution >= 0.6 is 11.6 Å². The largest absolute Gasteiger partial charge is 0.543 e. The number of carbonyl (C=O) groups excluding carboxylic acids is 1. The zero-order chi connectivity index (χ0) is 4.99. The van der Waals surface area contributed by atoms with Crippen LogP contribution in [0.4, 0.5) is 0 Å². The van der Waals surface area contributed by atoms with Gasteiger partial charge in [-0.15, -0.1) is 11.6 Å². The number of hydrogen-bond donors (Lipinski definition) is 0. The summed E-state index contributed by atoms with van der Waals surface area (Å²) in [7, 11) is 1.30. The molecule has 6 heavy (non-hydrogen) atoms. The summed E-state index contributed by atoms with van der Waals surface area (Å²) < 4.78 is 4.13. The Morgan fingerprint density at radius 1 is 2.00 bits per heavy atom. The second-order valence-corrected chi connectivity index (χ2v) is 0.977. The second kappa shape index (κ2) is 3.03. The Balaban J connectivity index is 2.99. The van der Waals surface area contributed by atoms with Crippen LogP contribution in [0.5, 0.6) is 0 Å². The first kappa shape index (κ1) is 5.82. The molecule has 0 unspecified atom stereocenters. The van der Waals surface area contributed by atoms with Gasteiger partial charge in [-0.1, -0.05) is 0 Å². The Morgan fingerprint density at radius 3 is 2.50 bits per heavy atom. The Labute approximate surface area is 41.9 Å². The van der Waals surface area contributed by atoms with E-state index in [0.29, 0.717) is 0 Å². The van der Waals surface area contributed by atoms with E-state index in [9.17, 15) is 4.79 Å². The number of carbonyl (C=O) groups is 1. The van der Waals surface area contributed by atoms with Crippen molar-refractivity contribution in [2.24, 2.45) is 0 Å². The molecule has 0 aliphatic heterocycles. The van der Waals surface area contributed by atoms with Gasteiger partial charge in [-0.25, -0.2) is 0 Å². The molecule has 0 rings (SSSR count). The van der Waals surface area contributed by atoms with Crippen LogP contribution in [-0.4, -0.2) is 19.9 Å². The van der Waals surface area contributed by atoms with Crippen LogP contribution in [0.2, 0.25) is 0 Å². The summed E-state index contributed by atoms with van der Waals surface area (Å²) in [5.74, 6) is -0.451. The zero-order valence-corrected chi connectivity index (χ0v) is 4.16. The lowest BCUT2D eigenvalue weighted by molar-refractivity contribution is -0.131. The molecule has 0 spiro atoms. The molecule has 0 aliphatic carbocycles. The third kappa shape index (κ3) is 2.09. The topological polar surface area (TPSA) is 26.3 Å². The Morgan fingerprint density at radius 2 is 2.50 bits per heavy atom. The molecule has 0 atom stereocenters. The number of alkyl halides is 1. The van der Waals surface area contributed by atoms with E-state index < -0.39 is 5.97 Å². The minimum Gasteiger partial charge on any atom is -0.543 e. The highest BCUT2D eigenvalue weighted by molar-refractivity contribution is 6.27. The molecule has 0 aliphatic rings.